The maximum Gasteiger partial charge on any atom is 0.410 e. The molecule has 4 nitrogen and oxygen atoms in total. The number of hydrogen-bond acceptors (Lipinski definition) is 2. The van der Waals surface area contributed by atoms with E-state index in [1.54, 1.807) is 0 Å². The van der Waals surface area contributed by atoms with Crippen LogP contribution in [0.25, 0.3) is 22.0 Å². The molecule has 0 aliphatic carbocycles. The maximum absolute atomic E-state index is 12.7. The highest BCUT2D eigenvalue weighted by atomic mass is 35.5. The van der Waals surface area contributed by atoms with E-state index in [-0.39, 0.29) is 6.09 Å². The minimum atomic E-state index is -0.495. The molecule has 3 aromatic rings. The van der Waals surface area contributed by atoms with Crippen LogP contribution in [0.5, 0.6) is 0 Å². The van der Waals surface area contributed by atoms with Crippen molar-refractivity contribution >= 4 is 40.2 Å². The summed E-state index contributed by atoms with van der Waals surface area (Å²) in [4.78, 5) is 14.5. The van der Waals surface area contributed by atoms with Crippen LogP contribution in [0.4, 0.5) is 4.79 Å². The normalized spacial score (nSPS) is 15.6. The van der Waals surface area contributed by atoms with E-state index in [1.165, 1.54) is 27.7 Å². The lowest BCUT2D eigenvalue weighted by Crippen LogP contribution is -2.40. The molecule has 0 radical (unpaired) electrons. The quantitative estimate of drug-likeness (QED) is 0.432. The molecule has 0 saturated carbocycles. The van der Waals surface area contributed by atoms with Crippen LogP contribution in [0.2, 0.25) is 10.0 Å². The Labute approximate surface area is 186 Å². The van der Waals surface area contributed by atoms with Crippen LogP contribution in [0.15, 0.2) is 30.3 Å². The standard InChI is InChI=1S/C24H24Cl2N2O2/c1-24(2,3)30-23(29)27-8-7-21-18(13-27)17-11-16(10-15-6-9-28(21)22(15)17)14-4-5-19(25)20(26)12-14/h4-5,10-12H,6-9,13H2,1-3H3. The summed E-state index contributed by atoms with van der Waals surface area (Å²) in [5.74, 6) is 0. The molecule has 0 unspecified atom stereocenters. The molecule has 5 rings (SSSR count). The molecule has 0 spiro atoms. The number of aryl methyl sites for hydroxylation is 2. The molecule has 0 bridgehead atoms. The first-order chi connectivity index (χ1) is 14.2. The summed E-state index contributed by atoms with van der Waals surface area (Å²) in [6.07, 6.45) is 1.64. The van der Waals surface area contributed by atoms with Gasteiger partial charge in [0, 0.05) is 36.2 Å². The summed E-state index contributed by atoms with van der Waals surface area (Å²) < 4.78 is 8.07. The molecule has 2 aliphatic rings. The molecule has 1 amide bonds. The zero-order chi connectivity index (χ0) is 21.2. The van der Waals surface area contributed by atoms with Gasteiger partial charge in [0.25, 0.3) is 0 Å². The Balaban J connectivity index is 1.59. The van der Waals surface area contributed by atoms with Crippen LogP contribution in [-0.2, 0) is 30.7 Å². The highest BCUT2D eigenvalue weighted by molar-refractivity contribution is 6.42. The van der Waals surface area contributed by atoms with Crippen molar-refractivity contribution in [3.63, 3.8) is 0 Å². The number of ether oxygens (including phenoxy) is 1. The maximum atomic E-state index is 12.7. The fourth-order valence-electron chi connectivity index (χ4n) is 4.66. The SMILES string of the molecule is CC(C)(C)OC(=O)N1CCc2c(c3cc(-c4ccc(Cl)c(Cl)c4)cc4c3n2CC4)C1. The van der Waals surface area contributed by atoms with Gasteiger partial charge in [-0.1, -0.05) is 29.3 Å². The van der Waals surface area contributed by atoms with E-state index in [1.807, 2.05) is 43.9 Å². The highest BCUT2D eigenvalue weighted by Gasteiger charge is 2.31. The average Bonchev–Trinajstić information content (AvgIpc) is 3.24. The number of hydrogen-bond donors (Lipinski definition) is 0. The van der Waals surface area contributed by atoms with E-state index in [0.29, 0.717) is 23.1 Å². The second-order valence-electron chi connectivity index (χ2n) is 9.14. The van der Waals surface area contributed by atoms with Gasteiger partial charge in [-0.15, -0.1) is 0 Å². The van der Waals surface area contributed by atoms with Crippen molar-refractivity contribution in [3.8, 4) is 11.1 Å². The van der Waals surface area contributed by atoms with Crippen LogP contribution in [0.3, 0.4) is 0 Å². The summed E-state index contributed by atoms with van der Waals surface area (Å²) in [5, 5.41) is 2.35. The molecule has 0 N–H and O–H groups in total. The number of amides is 1. The van der Waals surface area contributed by atoms with Gasteiger partial charge >= 0.3 is 6.09 Å². The Bertz CT molecular complexity index is 1190. The Kier molecular flexibility index (Phi) is 4.57. The van der Waals surface area contributed by atoms with Crippen molar-refractivity contribution in [2.24, 2.45) is 0 Å². The molecule has 2 aromatic carbocycles. The minimum absolute atomic E-state index is 0.244. The minimum Gasteiger partial charge on any atom is -0.444 e. The number of carbonyl (C=O) groups excluding carboxylic acids is 1. The predicted octanol–water partition coefficient (Wildman–Crippen LogP) is 6.46. The van der Waals surface area contributed by atoms with Crippen LogP contribution < -0.4 is 0 Å². The largest absolute Gasteiger partial charge is 0.444 e. The fraction of sp³-hybridized carbons (Fsp3) is 0.375. The second-order valence-corrected chi connectivity index (χ2v) is 9.95. The molecule has 0 fully saturated rings. The van der Waals surface area contributed by atoms with Gasteiger partial charge in [-0.2, -0.15) is 0 Å². The van der Waals surface area contributed by atoms with E-state index in [9.17, 15) is 4.79 Å². The Morgan fingerprint density at radius 2 is 1.80 bits per heavy atom. The monoisotopic (exact) mass is 442 g/mol. The fourth-order valence-corrected chi connectivity index (χ4v) is 4.96. The number of benzene rings is 2. The third-order valence-electron chi connectivity index (χ3n) is 5.93. The Morgan fingerprint density at radius 3 is 2.53 bits per heavy atom. The van der Waals surface area contributed by atoms with Gasteiger partial charge in [0.05, 0.1) is 22.1 Å². The zero-order valence-electron chi connectivity index (χ0n) is 17.4. The molecule has 30 heavy (non-hydrogen) atoms. The van der Waals surface area contributed by atoms with E-state index in [2.05, 4.69) is 16.7 Å². The van der Waals surface area contributed by atoms with Crippen molar-refractivity contribution in [2.45, 2.75) is 52.3 Å². The summed E-state index contributed by atoms with van der Waals surface area (Å²) >= 11 is 12.4. The third-order valence-corrected chi connectivity index (χ3v) is 6.67. The first-order valence-electron chi connectivity index (χ1n) is 10.3. The number of halogens is 2. The van der Waals surface area contributed by atoms with Gasteiger partial charge in [0.2, 0.25) is 0 Å². The molecule has 156 valence electrons. The number of aromatic nitrogens is 1. The van der Waals surface area contributed by atoms with E-state index >= 15 is 0 Å². The lowest BCUT2D eigenvalue weighted by molar-refractivity contribution is 0.0223. The second kappa shape index (κ2) is 6.93. The summed E-state index contributed by atoms with van der Waals surface area (Å²) in [7, 11) is 0. The summed E-state index contributed by atoms with van der Waals surface area (Å²) in [5.41, 5.74) is 6.95. The van der Waals surface area contributed by atoms with Crippen molar-refractivity contribution < 1.29 is 9.53 Å². The lowest BCUT2D eigenvalue weighted by Gasteiger charge is -2.30. The van der Waals surface area contributed by atoms with Crippen molar-refractivity contribution in [1.29, 1.82) is 0 Å². The van der Waals surface area contributed by atoms with E-state index in [4.69, 9.17) is 27.9 Å². The molecular weight excluding hydrogens is 419 g/mol. The topological polar surface area (TPSA) is 34.5 Å². The molecule has 3 heterocycles. The summed E-state index contributed by atoms with van der Waals surface area (Å²) in [6, 6.07) is 10.3. The van der Waals surface area contributed by atoms with E-state index in [0.717, 1.165) is 30.5 Å². The molecule has 0 atom stereocenters. The molecule has 6 heteroatoms. The third kappa shape index (κ3) is 3.27. The van der Waals surface area contributed by atoms with Crippen molar-refractivity contribution in [1.82, 2.24) is 9.47 Å². The van der Waals surface area contributed by atoms with Gasteiger partial charge in [-0.05, 0) is 68.1 Å². The highest BCUT2D eigenvalue weighted by Crippen LogP contribution is 2.40. The van der Waals surface area contributed by atoms with Crippen molar-refractivity contribution in [3.05, 3.63) is 57.2 Å². The molecule has 0 saturated heterocycles. The van der Waals surface area contributed by atoms with Gasteiger partial charge in [0.15, 0.2) is 0 Å². The van der Waals surface area contributed by atoms with Crippen LogP contribution in [0, 0.1) is 0 Å². The zero-order valence-corrected chi connectivity index (χ0v) is 18.9. The number of nitrogens with zero attached hydrogens (tertiary/aromatic N) is 2. The molecular formula is C24H24Cl2N2O2. The lowest BCUT2D eigenvalue weighted by atomic mass is 9.96. The van der Waals surface area contributed by atoms with Gasteiger partial charge in [-0.3, -0.25) is 0 Å². The number of carbonyl (C=O) groups is 1. The van der Waals surface area contributed by atoms with E-state index < -0.39 is 5.60 Å². The smallest absolute Gasteiger partial charge is 0.410 e. The van der Waals surface area contributed by atoms with Gasteiger partial charge in [0.1, 0.15) is 5.60 Å². The van der Waals surface area contributed by atoms with Gasteiger partial charge in [-0.25, -0.2) is 4.79 Å². The summed E-state index contributed by atoms with van der Waals surface area (Å²) in [6.45, 7) is 7.98. The van der Waals surface area contributed by atoms with Crippen molar-refractivity contribution in [2.75, 3.05) is 6.54 Å². The van der Waals surface area contributed by atoms with Crippen LogP contribution in [0.1, 0.15) is 37.6 Å². The Morgan fingerprint density at radius 1 is 1.00 bits per heavy atom. The molecule has 2 aliphatic heterocycles. The first-order valence-corrected chi connectivity index (χ1v) is 11.1. The first kappa shape index (κ1) is 19.8. The number of fused-ring (bicyclic) bond motifs is 3. The van der Waals surface area contributed by atoms with Crippen LogP contribution in [-0.4, -0.2) is 27.7 Å². The van der Waals surface area contributed by atoms with Gasteiger partial charge < -0.3 is 14.2 Å². The van der Waals surface area contributed by atoms with Crippen LogP contribution >= 0.6 is 23.2 Å². The predicted molar refractivity (Wildman–Crippen MR) is 121 cm³/mol. The Hall–Kier alpha value is -2.17. The average molecular weight is 443 g/mol. The number of rotatable bonds is 1. The molecule has 1 aromatic heterocycles.